The van der Waals surface area contributed by atoms with E-state index in [1.807, 2.05) is 0 Å². The molecule has 0 aliphatic heterocycles. The molecule has 1 aromatic carbocycles. The number of hydrogen-bond acceptors (Lipinski definition) is 8. The average Bonchev–Trinajstić information content (AvgIpc) is 2.70. The third-order valence-corrected chi connectivity index (χ3v) is 9.18. The number of oxime groups is 1. The lowest BCUT2D eigenvalue weighted by Gasteiger charge is -2.49. The second-order valence-electron chi connectivity index (χ2n) is 13.8. The fraction of sp³-hybridized carbons (Fsp3) is 0.720. The number of rotatable bonds is 12. The average molecular weight is 603 g/mol. The largest absolute Gasteiger partial charge is 0.412 e. The molecule has 0 heterocycles. The van der Waals surface area contributed by atoms with Crippen molar-refractivity contribution < 1.29 is 27.5 Å². The molecule has 216 valence electrons. The van der Waals surface area contributed by atoms with Crippen LogP contribution in [0.15, 0.2) is 29.4 Å². The molecule has 0 spiro atoms. The quantitative estimate of drug-likeness (QED) is 0.113. The zero-order valence-electron chi connectivity index (χ0n) is 25.3. The highest BCUT2D eigenvalue weighted by atomic mass is 28.4. The van der Waals surface area contributed by atoms with Gasteiger partial charge in [-0.1, -0.05) is 5.16 Å². The Morgan fingerprint density at radius 3 is 1.84 bits per heavy atom. The molecule has 1 unspecified atom stereocenters. The van der Waals surface area contributed by atoms with Crippen molar-refractivity contribution in [2.75, 3.05) is 0 Å². The molecular formula is C25H48N2O7Si4. The van der Waals surface area contributed by atoms with Crippen LogP contribution in [0.4, 0.5) is 5.69 Å². The molecular weight excluding hydrogens is 555 g/mol. The molecule has 4 atom stereocenters. The van der Waals surface area contributed by atoms with Crippen molar-refractivity contribution in [3.8, 4) is 0 Å². The predicted octanol–water partition coefficient (Wildman–Crippen LogP) is 6.75. The van der Waals surface area contributed by atoms with Crippen molar-refractivity contribution in [3.63, 3.8) is 0 Å². The van der Waals surface area contributed by atoms with Gasteiger partial charge in [0.2, 0.25) is 0 Å². The third-order valence-electron chi connectivity index (χ3n) is 5.25. The Morgan fingerprint density at radius 1 is 0.868 bits per heavy atom. The Labute approximate surface area is 232 Å². The SMILES string of the molecule is C[Si](C)(C)OC1/C(=N/OCc2ccc([N+](=O)[O-])cc2)C[C@@H](O[Si](C)(C)C)[C@H](O[Si](C)(C)C)[C@H]1[18O][Si](C)(C)C. The molecule has 0 amide bonds. The molecule has 0 radical (unpaired) electrons. The minimum atomic E-state index is -2.02. The number of hydrogen-bond donors (Lipinski definition) is 0. The summed E-state index contributed by atoms with van der Waals surface area (Å²) in [7, 11) is -7.94. The van der Waals surface area contributed by atoms with Gasteiger partial charge in [0.25, 0.3) is 5.69 Å². The summed E-state index contributed by atoms with van der Waals surface area (Å²) in [4.78, 5) is 16.4. The fourth-order valence-corrected chi connectivity index (χ4v) is 8.51. The highest BCUT2D eigenvalue weighted by Crippen LogP contribution is 2.34. The van der Waals surface area contributed by atoms with Crippen LogP contribution in [-0.2, 0) is 29.1 Å². The van der Waals surface area contributed by atoms with E-state index in [-0.39, 0.29) is 30.6 Å². The first-order chi connectivity index (χ1) is 17.1. The van der Waals surface area contributed by atoms with E-state index in [2.05, 4.69) is 83.7 Å². The first-order valence-electron chi connectivity index (χ1n) is 13.3. The first kappa shape index (κ1) is 33.0. The molecule has 0 N–H and O–H groups in total. The molecule has 0 bridgehead atoms. The van der Waals surface area contributed by atoms with Crippen LogP contribution < -0.4 is 0 Å². The summed E-state index contributed by atoms with van der Waals surface area (Å²) in [5, 5.41) is 15.6. The van der Waals surface area contributed by atoms with Crippen molar-refractivity contribution >= 4 is 44.7 Å². The van der Waals surface area contributed by atoms with Gasteiger partial charge >= 0.3 is 0 Å². The fourth-order valence-electron chi connectivity index (χ4n) is 4.17. The lowest BCUT2D eigenvalue weighted by Crippen LogP contribution is -2.64. The van der Waals surface area contributed by atoms with Gasteiger partial charge in [-0.05, 0) is 96.3 Å². The minimum absolute atomic E-state index is 0.0436. The van der Waals surface area contributed by atoms with Gasteiger partial charge in [-0.25, -0.2) is 0 Å². The highest BCUT2D eigenvalue weighted by molar-refractivity contribution is 6.71. The molecule has 0 aromatic heterocycles. The lowest BCUT2D eigenvalue weighted by molar-refractivity contribution is -0.384. The van der Waals surface area contributed by atoms with Gasteiger partial charge in [0.15, 0.2) is 33.3 Å². The number of nitrogens with zero attached hydrogens (tertiary/aromatic N) is 2. The van der Waals surface area contributed by atoms with Gasteiger partial charge < -0.3 is 22.5 Å². The van der Waals surface area contributed by atoms with E-state index in [1.165, 1.54) is 12.1 Å². The Morgan fingerprint density at radius 2 is 1.39 bits per heavy atom. The molecule has 13 heteroatoms. The monoisotopic (exact) mass is 602 g/mol. The summed E-state index contributed by atoms with van der Waals surface area (Å²) in [6.07, 6.45) is -0.738. The van der Waals surface area contributed by atoms with E-state index in [4.69, 9.17) is 22.5 Å². The number of nitro benzene ring substituents is 1. The molecule has 1 aliphatic rings. The van der Waals surface area contributed by atoms with Crippen LogP contribution >= 0.6 is 0 Å². The van der Waals surface area contributed by atoms with Crippen LogP contribution in [0.25, 0.3) is 0 Å². The van der Waals surface area contributed by atoms with Gasteiger partial charge in [-0.3, -0.25) is 10.1 Å². The minimum Gasteiger partial charge on any atom is -0.412 e. The van der Waals surface area contributed by atoms with E-state index >= 15 is 0 Å². The summed E-state index contributed by atoms with van der Waals surface area (Å²) < 4.78 is 27.1. The second kappa shape index (κ2) is 12.5. The summed E-state index contributed by atoms with van der Waals surface area (Å²) >= 11 is 0. The molecule has 1 fully saturated rings. The molecule has 1 aliphatic carbocycles. The lowest BCUT2D eigenvalue weighted by atomic mass is 9.89. The van der Waals surface area contributed by atoms with E-state index in [0.717, 1.165) is 11.3 Å². The van der Waals surface area contributed by atoms with Crippen molar-refractivity contribution in [2.45, 2.75) is 116 Å². The summed E-state index contributed by atoms with van der Waals surface area (Å²) in [5.74, 6) is 0. The molecule has 38 heavy (non-hydrogen) atoms. The maximum absolute atomic E-state index is 11.0. The van der Waals surface area contributed by atoms with Crippen LogP contribution in [0.1, 0.15) is 12.0 Å². The summed E-state index contributed by atoms with van der Waals surface area (Å²) in [6, 6.07) is 6.30. The van der Waals surface area contributed by atoms with E-state index in [1.54, 1.807) is 12.1 Å². The van der Waals surface area contributed by atoms with Crippen LogP contribution in [0.3, 0.4) is 0 Å². The zero-order valence-corrected chi connectivity index (χ0v) is 29.3. The van der Waals surface area contributed by atoms with Gasteiger partial charge in [-0.15, -0.1) is 0 Å². The molecule has 0 saturated heterocycles. The topological polar surface area (TPSA) is 102 Å². The van der Waals surface area contributed by atoms with E-state index in [0.29, 0.717) is 6.42 Å². The Kier molecular flexibility index (Phi) is 10.9. The Hall–Kier alpha value is -1.20. The van der Waals surface area contributed by atoms with Crippen molar-refractivity contribution in [2.24, 2.45) is 5.16 Å². The number of non-ortho nitro benzene ring substituents is 1. The smallest absolute Gasteiger partial charge is 0.269 e. The van der Waals surface area contributed by atoms with Crippen LogP contribution in [0, 0.1) is 10.1 Å². The van der Waals surface area contributed by atoms with Crippen molar-refractivity contribution in [3.05, 3.63) is 39.9 Å². The van der Waals surface area contributed by atoms with Crippen molar-refractivity contribution in [1.82, 2.24) is 0 Å². The zero-order chi connectivity index (χ0) is 29.1. The second-order valence-corrected chi connectivity index (χ2v) is 31.6. The van der Waals surface area contributed by atoms with Gasteiger partial charge in [0.05, 0.1) is 22.8 Å². The van der Waals surface area contributed by atoms with Gasteiger partial charge in [0.1, 0.15) is 18.8 Å². The van der Waals surface area contributed by atoms with Gasteiger partial charge in [-0.2, -0.15) is 0 Å². The molecule has 9 nitrogen and oxygen atoms in total. The van der Waals surface area contributed by atoms with Crippen LogP contribution in [0.2, 0.25) is 78.6 Å². The van der Waals surface area contributed by atoms with Gasteiger partial charge in [0, 0.05) is 18.6 Å². The van der Waals surface area contributed by atoms with Crippen molar-refractivity contribution in [1.29, 1.82) is 0 Å². The molecule has 1 aromatic rings. The van der Waals surface area contributed by atoms with E-state index in [9.17, 15) is 10.1 Å². The standard InChI is InChI=1S/C25H48N2O7Si4/c1-35(2,3)31-22-17-21(26-30-18-19-13-15-20(16-14-19)27(28)29)23(32-36(4,5)6)25(34-38(10,11)12)24(22)33-37(7,8)9/h13-16,22-25H,17-18H2,1-12H3/b26-21+/t22-,23?,24+,25+/m1/s1/i34+2. The normalized spacial score (nSPS) is 24.5. The van der Waals surface area contributed by atoms with Crippen LogP contribution in [-0.4, -0.2) is 68.3 Å². The third kappa shape index (κ3) is 11.5. The number of nitro groups is 1. The highest BCUT2D eigenvalue weighted by Gasteiger charge is 2.50. The van der Waals surface area contributed by atoms with Crippen LogP contribution in [0.5, 0.6) is 0 Å². The number of benzene rings is 1. The summed E-state index contributed by atoms with van der Waals surface area (Å²) in [6.45, 7) is 26.3. The summed E-state index contributed by atoms with van der Waals surface area (Å²) in [5.41, 5.74) is 1.60. The van der Waals surface area contributed by atoms with E-state index < -0.39 is 44.3 Å². The maximum atomic E-state index is 11.0. The maximum Gasteiger partial charge on any atom is 0.269 e. The first-order valence-corrected chi connectivity index (χ1v) is 26.9. The molecule has 1 saturated carbocycles. The predicted molar refractivity (Wildman–Crippen MR) is 163 cm³/mol. The Balaban J connectivity index is 2.49. The Bertz CT molecular complexity index is 964. The molecule has 2 rings (SSSR count).